The molecule has 0 radical (unpaired) electrons. The van der Waals surface area contributed by atoms with Gasteiger partial charge in [-0.15, -0.1) is 43.0 Å². The zero-order chi connectivity index (χ0) is 20.2. The summed E-state index contributed by atoms with van der Waals surface area (Å²) in [5, 5.41) is 2.66. The Morgan fingerprint density at radius 2 is 1.30 bits per heavy atom. The van der Waals surface area contributed by atoms with Gasteiger partial charge in [-0.05, 0) is 24.0 Å². The summed E-state index contributed by atoms with van der Waals surface area (Å²) >= 11 is 0. The predicted octanol–water partition coefficient (Wildman–Crippen LogP) is 7.72. The van der Waals surface area contributed by atoms with Crippen molar-refractivity contribution in [2.45, 2.75) is 26.2 Å². The van der Waals surface area contributed by atoms with E-state index in [0.29, 0.717) is 0 Å². The van der Waals surface area contributed by atoms with E-state index in [1.165, 1.54) is 27.5 Å². The Bertz CT molecular complexity index is 951. The monoisotopic (exact) mass is 466 g/mol. The van der Waals surface area contributed by atoms with Crippen LogP contribution < -0.4 is 0 Å². The number of allylic oxidation sites excluding steroid dienone is 4. The van der Waals surface area contributed by atoms with Crippen LogP contribution in [-0.2, 0) is 39.0 Å². The standard InChI is InChI=1S/C14H14.C9H7.C6H7.Zr/c1-3-7-13(8-4-1)11-12-14-9-5-2-6-10-14;1-2-5-9-7-3-6-8(9)4-1;1-6-4-2-3-5-6;/h1-10H,11-12H2;1-7H;4-5H,2H2,1H3;/q;2*-1;+2. The van der Waals surface area contributed by atoms with Gasteiger partial charge in [-0.25, -0.2) is 11.6 Å². The molecule has 4 aromatic rings. The maximum atomic E-state index is 3.05. The van der Waals surface area contributed by atoms with Crippen molar-refractivity contribution >= 4 is 10.8 Å². The van der Waals surface area contributed by atoms with Gasteiger partial charge in [-0.3, -0.25) is 6.08 Å². The molecule has 4 aromatic carbocycles. The van der Waals surface area contributed by atoms with Crippen LogP contribution in [0.1, 0.15) is 24.5 Å². The molecular weight excluding hydrogens is 440 g/mol. The zero-order valence-electron chi connectivity index (χ0n) is 17.6. The normalized spacial score (nSPS) is 11.4. The first-order chi connectivity index (χ1) is 14.3. The Morgan fingerprint density at radius 3 is 1.77 bits per heavy atom. The van der Waals surface area contributed by atoms with Gasteiger partial charge in [0.1, 0.15) is 0 Å². The van der Waals surface area contributed by atoms with Crippen molar-refractivity contribution in [2.75, 3.05) is 0 Å². The van der Waals surface area contributed by atoms with Crippen LogP contribution in [0, 0.1) is 6.08 Å². The van der Waals surface area contributed by atoms with Crippen LogP contribution in [0.25, 0.3) is 10.8 Å². The summed E-state index contributed by atoms with van der Waals surface area (Å²) in [6, 6.07) is 35.9. The molecule has 0 atom stereocenters. The van der Waals surface area contributed by atoms with E-state index in [2.05, 4.69) is 122 Å². The van der Waals surface area contributed by atoms with Crippen LogP contribution in [-0.4, -0.2) is 0 Å². The predicted molar refractivity (Wildman–Crippen MR) is 126 cm³/mol. The summed E-state index contributed by atoms with van der Waals surface area (Å²) in [6.07, 6.45) is 10.5. The van der Waals surface area contributed by atoms with Crippen LogP contribution in [0.2, 0.25) is 0 Å². The first-order valence-electron chi connectivity index (χ1n) is 10.2. The summed E-state index contributed by atoms with van der Waals surface area (Å²) in [4.78, 5) is 0. The van der Waals surface area contributed by atoms with Gasteiger partial charge in [-0.1, -0.05) is 66.7 Å². The third-order valence-electron chi connectivity index (χ3n) is 4.81. The van der Waals surface area contributed by atoms with Gasteiger partial charge >= 0.3 is 26.2 Å². The first kappa shape index (κ1) is 23.9. The SMILES string of the molecule is CC1=CC[C-]=C1.[Zr+2].c1ccc(CCc2ccccc2)cc1.c1ccc2[cH-]ccc2c1. The summed E-state index contributed by atoms with van der Waals surface area (Å²) in [7, 11) is 0. The van der Waals surface area contributed by atoms with Gasteiger partial charge in [-0.2, -0.15) is 23.6 Å². The third-order valence-corrected chi connectivity index (χ3v) is 4.81. The average Bonchev–Trinajstić information content (AvgIpc) is 3.46. The molecule has 0 N–H and O–H groups in total. The molecule has 0 saturated carbocycles. The maximum Gasteiger partial charge on any atom is 2.00 e. The molecular formula is C29H28Zr. The molecule has 0 saturated heterocycles. The number of aryl methyl sites for hydroxylation is 2. The topological polar surface area (TPSA) is 0 Å². The third kappa shape index (κ3) is 8.56. The van der Waals surface area contributed by atoms with Crippen molar-refractivity contribution in [3.05, 3.63) is 138 Å². The summed E-state index contributed by atoms with van der Waals surface area (Å²) in [5.41, 5.74) is 4.17. The van der Waals surface area contributed by atoms with Crippen LogP contribution in [0.4, 0.5) is 0 Å². The fourth-order valence-electron chi connectivity index (χ4n) is 3.15. The fraction of sp³-hybridized carbons (Fsp3) is 0.138. The van der Waals surface area contributed by atoms with E-state index in [1.807, 2.05) is 6.08 Å². The van der Waals surface area contributed by atoms with Crippen molar-refractivity contribution in [1.29, 1.82) is 0 Å². The number of hydrogen-bond donors (Lipinski definition) is 0. The second-order valence-corrected chi connectivity index (χ2v) is 7.13. The molecule has 0 nitrogen and oxygen atoms in total. The summed E-state index contributed by atoms with van der Waals surface area (Å²) in [6.45, 7) is 2.08. The second kappa shape index (κ2) is 13.8. The number of rotatable bonds is 3. The van der Waals surface area contributed by atoms with Gasteiger partial charge in [0.15, 0.2) is 0 Å². The molecule has 0 heterocycles. The first-order valence-corrected chi connectivity index (χ1v) is 10.2. The van der Waals surface area contributed by atoms with Crippen molar-refractivity contribution in [2.24, 2.45) is 0 Å². The Balaban J connectivity index is 0.000000172. The maximum absolute atomic E-state index is 3.05. The van der Waals surface area contributed by atoms with E-state index in [1.54, 1.807) is 0 Å². The zero-order valence-corrected chi connectivity index (χ0v) is 20.0. The number of benzene rings is 3. The van der Waals surface area contributed by atoms with Gasteiger partial charge in [0.05, 0.1) is 0 Å². The molecule has 0 spiro atoms. The van der Waals surface area contributed by atoms with E-state index < -0.39 is 0 Å². The Labute approximate surface area is 200 Å². The molecule has 0 bridgehead atoms. The van der Waals surface area contributed by atoms with E-state index >= 15 is 0 Å². The summed E-state index contributed by atoms with van der Waals surface area (Å²) in [5.74, 6) is 0. The minimum atomic E-state index is 0. The summed E-state index contributed by atoms with van der Waals surface area (Å²) < 4.78 is 0. The van der Waals surface area contributed by atoms with E-state index in [-0.39, 0.29) is 26.2 Å². The van der Waals surface area contributed by atoms with Crippen LogP contribution >= 0.6 is 0 Å². The quantitative estimate of drug-likeness (QED) is 0.270. The van der Waals surface area contributed by atoms with Gasteiger partial charge in [0.25, 0.3) is 0 Å². The van der Waals surface area contributed by atoms with E-state index in [0.717, 1.165) is 19.3 Å². The molecule has 1 aliphatic rings. The van der Waals surface area contributed by atoms with Crippen LogP contribution in [0.5, 0.6) is 0 Å². The number of fused-ring (bicyclic) bond motifs is 1. The Hall–Kier alpha value is -2.37. The molecule has 30 heavy (non-hydrogen) atoms. The largest absolute Gasteiger partial charge is 2.00 e. The van der Waals surface area contributed by atoms with Crippen LogP contribution in [0.15, 0.2) is 121 Å². The van der Waals surface area contributed by atoms with Gasteiger partial charge in [0.2, 0.25) is 0 Å². The van der Waals surface area contributed by atoms with Crippen molar-refractivity contribution in [1.82, 2.24) is 0 Å². The van der Waals surface area contributed by atoms with Crippen molar-refractivity contribution in [3.63, 3.8) is 0 Å². The smallest absolute Gasteiger partial charge is 0.273 e. The molecule has 0 aromatic heterocycles. The molecule has 0 amide bonds. The molecule has 0 unspecified atom stereocenters. The molecule has 1 heteroatoms. The van der Waals surface area contributed by atoms with Crippen molar-refractivity contribution < 1.29 is 26.2 Å². The molecule has 148 valence electrons. The molecule has 5 rings (SSSR count). The van der Waals surface area contributed by atoms with Crippen molar-refractivity contribution in [3.8, 4) is 0 Å². The molecule has 1 aliphatic carbocycles. The van der Waals surface area contributed by atoms with Crippen LogP contribution in [0.3, 0.4) is 0 Å². The fourth-order valence-corrected chi connectivity index (χ4v) is 3.15. The average molecular weight is 468 g/mol. The second-order valence-electron chi connectivity index (χ2n) is 7.13. The van der Waals surface area contributed by atoms with E-state index in [9.17, 15) is 0 Å². The Morgan fingerprint density at radius 1 is 0.733 bits per heavy atom. The molecule has 0 fully saturated rings. The minimum absolute atomic E-state index is 0. The Kier molecular flexibility index (Phi) is 11.0. The minimum Gasteiger partial charge on any atom is -0.273 e. The van der Waals surface area contributed by atoms with Gasteiger partial charge in [0, 0.05) is 0 Å². The number of hydrogen-bond acceptors (Lipinski definition) is 0. The molecule has 0 aliphatic heterocycles. The van der Waals surface area contributed by atoms with Gasteiger partial charge < -0.3 is 0 Å². The van der Waals surface area contributed by atoms with E-state index in [4.69, 9.17) is 0 Å².